The Bertz CT molecular complexity index is 684. The van der Waals surface area contributed by atoms with Gasteiger partial charge in [0.15, 0.2) is 5.03 Å². The zero-order valence-electron chi connectivity index (χ0n) is 11.3. The fourth-order valence-corrected chi connectivity index (χ4v) is 3.49. The highest BCUT2D eigenvalue weighted by molar-refractivity contribution is 7.89. The Hall–Kier alpha value is -1.74. The highest BCUT2D eigenvalue weighted by Crippen LogP contribution is 2.27. The summed E-state index contributed by atoms with van der Waals surface area (Å²) in [6, 6.07) is 0.241. The minimum atomic E-state index is -3.50. The number of rotatable bonds is 4. The maximum Gasteiger partial charge on any atom is 0.262 e. The van der Waals surface area contributed by atoms with E-state index in [1.807, 2.05) is 13.8 Å². The third-order valence-electron chi connectivity index (χ3n) is 3.42. The van der Waals surface area contributed by atoms with Gasteiger partial charge >= 0.3 is 0 Å². The van der Waals surface area contributed by atoms with Crippen LogP contribution in [0.4, 0.5) is 0 Å². The van der Waals surface area contributed by atoms with E-state index >= 15 is 0 Å². The molecule has 108 valence electrons. The summed E-state index contributed by atoms with van der Waals surface area (Å²) >= 11 is 0. The van der Waals surface area contributed by atoms with Crippen LogP contribution in [0.2, 0.25) is 0 Å². The van der Waals surface area contributed by atoms with E-state index in [1.165, 1.54) is 4.31 Å². The molecule has 8 nitrogen and oxygen atoms in total. The van der Waals surface area contributed by atoms with Crippen LogP contribution in [0.1, 0.15) is 25.9 Å². The van der Waals surface area contributed by atoms with Crippen molar-refractivity contribution in [2.24, 2.45) is 0 Å². The fraction of sp³-hybridized carbons (Fsp3) is 0.545. The Morgan fingerprint density at radius 3 is 2.65 bits per heavy atom. The summed E-state index contributed by atoms with van der Waals surface area (Å²) < 4.78 is 29.6. The predicted molar refractivity (Wildman–Crippen MR) is 70.4 cm³/mol. The minimum absolute atomic E-state index is 0.0551. The van der Waals surface area contributed by atoms with E-state index in [0.717, 1.165) is 0 Å². The standard InChI is InChI=1S/C11H16N6O2S/c1-9(2)15-7-11(12-8-15)20(18,19)16-5-10(6-16)17-4-3-13-14-17/h3-4,7-10H,5-6H2,1-2H3. The molecule has 0 atom stereocenters. The number of aromatic nitrogens is 5. The molecule has 3 rings (SSSR count). The molecule has 1 fully saturated rings. The SMILES string of the molecule is CC(C)n1cnc(S(=O)(=O)N2CC(n3ccnn3)C2)c1. The highest BCUT2D eigenvalue weighted by Gasteiger charge is 2.39. The van der Waals surface area contributed by atoms with E-state index in [2.05, 4.69) is 15.3 Å². The Morgan fingerprint density at radius 1 is 1.35 bits per heavy atom. The van der Waals surface area contributed by atoms with Gasteiger partial charge in [0.05, 0.1) is 18.6 Å². The average Bonchev–Trinajstić information content (AvgIpc) is 2.97. The van der Waals surface area contributed by atoms with Gasteiger partial charge in [-0.1, -0.05) is 5.21 Å². The second kappa shape index (κ2) is 4.67. The molecule has 0 N–H and O–H groups in total. The summed E-state index contributed by atoms with van der Waals surface area (Å²) in [5.74, 6) is 0. The summed E-state index contributed by atoms with van der Waals surface area (Å²) in [5, 5.41) is 7.70. The van der Waals surface area contributed by atoms with E-state index in [-0.39, 0.29) is 17.1 Å². The van der Waals surface area contributed by atoms with Gasteiger partial charge in [-0.25, -0.2) is 18.1 Å². The summed E-state index contributed by atoms with van der Waals surface area (Å²) in [7, 11) is -3.50. The quantitative estimate of drug-likeness (QED) is 0.810. The van der Waals surface area contributed by atoms with Crippen molar-refractivity contribution in [2.45, 2.75) is 31.0 Å². The average molecular weight is 296 g/mol. The third-order valence-corrected chi connectivity index (χ3v) is 5.14. The Morgan fingerprint density at radius 2 is 2.10 bits per heavy atom. The number of hydrogen-bond acceptors (Lipinski definition) is 5. The lowest BCUT2D eigenvalue weighted by atomic mass is 10.2. The van der Waals surface area contributed by atoms with Gasteiger partial charge in [-0.05, 0) is 13.8 Å². The van der Waals surface area contributed by atoms with Gasteiger partial charge in [0.2, 0.25) is 0 Å². The van der Waals surface area contributed by atoms with Gasteiger partial charge in [0.1, 0.15) is 0 Å². The molecule has 3 heterocycles. The lowest BCUT2D eigenvalue weighted by Crippen LogP contribution is -2.50. The van der Waals surface area contributed by atoms with Crippen LogP contribution in [0, 0.1) is 0 Å². The van der Waals surface area contributed by atoms with Crippen molar-refractivity contribution in [1.82, 2.24) is 28.9 Å². The second-order valence-corrected chi connectivity index (χ2v) is 7.00. The number of sulfonamides is 1. The van der Waals surface area contributed by atoms with Crippen molar-refractivity contribution in [3.8, 4) is 0 Å². The van der Waals surface area contributed by atoms with Crippen molar-refractivity contribution in [2.75, 3.05) is 13.1 Å². The zero-order chi connectivity index (χ0) is 14.3. The van der Waals surface area contributed by atoms with Gasteiger partial charge in [-0.3, -0.25) is 0 Å². The van der Waals surface area contributed by atoms with Crippen LogP contribution >= 0.6 is 0 Å². The molecule has 0 aromatic carbocycles. The summed E-state index contributed by atoms with van der Waals surface area (Å²) in [4.78, 5) is 4.00. The Balaban J connectivity index is 1.74. The van der Waals surface area contributed by atoms with Gasteiger partial charge in [-0.15, -0.1) is 5.10 Å². The molecule has 2 aromatic rings. The molecule has 1 saturated heterocycles. The van der Waals surface area contributed by atoms with E-state index < -0.39 is 10.0 Å². The van der Waals surface area contributed by atoms with Crippen LogP contribution in [0.3, 0.4) is 0 Å². The van der Waals surface area contributed by atoms with Crippen molar-refractivity contribution in [3.05, 3.63) is 24.9 Å². The van der Waals surface area contributed by atoms with E-state index in [4.69, 9.17) is 0 Å². The van der Waals surface area contributed by atoms with Crippen LogP contribution < -0.4 is 0 Å². The molecule has 0 aliphatic carbocycles. The first-order chi connectivity index (χ1) is 9.48. The van der Waals surface area contributed by atoms with Crippen molar-refractivity contribution >= 4 is 10.0 Å². The lowest BCUT2D eigenvalue weighted by Gasteiger charge is -2.36. The Kier molecular flexibility index (Phi) is 3.09. The molecule has 0 bridgehead atoms. The summed E-state index contributed by atoms with van der Waals surface area (Å²) in [5.41, 5.74) is 0. The van der Waals surface area contributed by atoms with Gasteiger partial charge < -0.3 is 4.57 Å². The van der Waals surface area contributed by atoms with Crippen LogP contribution in [-0.2, 0) is 10.0 Å². The molecule has 0 unspecified atom stereocenters. The molecule has 0 radical (unpaired) electrons. The van der Waals surface area contributed by atoms with E-state index in [9.17, 15) is 8.42 Å². The molecule has 0 amide bonds. The molecule has 1 aliphatic rings. The third kappa shape index (κ3) is 2.12. The maximum atomic E-state index is 12.4. The molecule has 0 spiro atoms. The van der Waals surface area contributed by atoms with Crippen LogP contribution in [0.5, 0.6) is 0 Å². The molecule has 9 heteroatoms. The Labute approximate surface area is 117 Å². The summed E-state index contributed by atoms with van der Waals surface area (Å²) in [6.45, 7) is 4.76. The van der Waals surface area contributed by atoms with Crippen molar-refractivity contribution < 1.29 is 8.42 Å². The van der Waals surface area contributed by atoms with Gasteiger partial charge in [-0.2, -0.15) is 4.31 Å². The fourth-order valence-electron chi connectivity index (χ4n) is 2.06. The predicted octanol–water partition coefficient (Wildman–Crippen LogP) is 0.301. The van der Waals surface area contributed by atoms with Crippen molar-refractivity contribution in [3.63, 3.8) is 0 Å². The maximum absolute atomic E-state index is 12.4. The van der Waals surface area contributed by atoms with E-state index in [0.29, 0.717) is 13.1 Å². The minimum Gasteiger partial charge on any atom is -0.334 e. The molecule has 1 aliphatic heterocycles. The van der Waals surface area contributed by atoms with E-state index in [1.54, 1.807) is 34.2 Å². The first-order valence-electron chi connectivity index (χ1n) is 6.38. The smallest absolute Gasteiger partial charge is 0.262 e. The van der Waals surface area contributed by atoms with Crippen LogP contribution in [0.15, 0.2) is 29.9 Å². The zero-order valence-corrected chi connectivity index (χ0v) is 12.1. The van der Waals surface area contributed by atoms with Gasteiger partial charge in [0, 0.05) is 31.5 Å². The van der Waals surface area contributed by atoms with Gasteiger partial charge in [0.25, 0.3) is 10.0 Å². The molecule has 20 heavy (non-hydrogen) atoms. The van der Waals surface area contributed by atoms with Crippen LogP contribution in [-0.4, -0.2) is 50.4 Å². The highest BCUT2D eigenvalue weighted by atomic mass is 32.2. The van der Waals surface area contributed by atoms with Crippen molar-refractivity contribution in [1.29, 1.82) is 0 Å². The normalized spacial score (nSPS) is 17.6. The summed E-state index contributed by atoms with van der Waals surface area (Å²) in [6.07, 6.45) is 6.44. The number of imidazole rings is 1. The van der Waals surface area contributed by atoms with Crippen LogP contribution in [0.25, 0.3) is 0 Å². The first kappa shape index (κ1) is 13.3. The molecular formula is C11H16N6O2S. The number of hydrogen-bond donors (Lipinski definition) is 0. The molecule has 0 saturated carbocycles. The monoisotopic (exact) mass is 296 g/mol. The molecular weight excluding hydrogens is 280 g/mol. The number of nitrogens with zero attached hydrogens (tertiary/aromatic N) is 6. The lowest BCUT2D eigenvalue weighted by molar-refractivity contribution is 0.188. The topological polar surface area (TPSA) is 85.9 Å². The molecule has 2 aromatic heterocycles. The second-order valence-electron chi connectivity index (χ2n) is 5.11. The first-order valence-corrected chi connectivity index (χ1v) is 7.82. The largest absolute Gasteiger partial charge is 0.334 e.